The van der Waals surface area contributed by atoms with Crippen molar-refractivity contribution in [2.45, 2.75) is 33.8 Å². The van der Waals surface area contributed by atoms with Crippen molar-refractivity contribution in [2.24, 2.45) is 11.3 Å². The van der Waals surface area contributed by atoms with Crippen molar-refractivity contribution in [1.29, 1.82) is 0 Å². The Morgan fingerprint density at radius 1 is 1.50 bits per heavy atom. The molecular formula is C12H19NO5. The van der Waals surface area contributed by atoms with E-state index >= 15 is 0 Å². The fourth-order valence-electron chi connectivity index (χ4n) is 1.89. The van der Waals surface area contributed by atoms with Gasteiger partial charge < -0.3 is 14.8 Å². The van der Waals surface area contributed by atoms with E-state index < -0.39 is 29.2 Å². The van der Waals surface area contributed by atoms with Crippen LogP contribution in [-0.2, 0) is 23.9 Å². The van der Waals surface area contributed by atoms with Crippen LogP contribution in [0.15, 0.2) is 0 Å². The highest BCUT2D eigenvalue weighted by Crippen LogP contribution is 2.34. The summed E-state index contributed by atoms with van der Waals surface area (Å²) in [6, 6.07) is 0. The SMILES string of the molecule is CCOC(=O)C1(C)C(=O)NCC1C(=O)OC(C)C. The molecule has 0 aromatic heterocycles. The van der Waals surface area contributed by atoms with Crippen LogP contribution >= 0.6 is 0 Å². The number of hydrogen-bond acceptors (Lipinski definition) is 5. The molecule has 1 fully saturated rings. The van der Waals surface area contributed by atoms with Crippen molar-refractivity contribution >= 4 is 17.8 Å². The van der Waals surface area contributed by atoms with Gasteiger partial charge >= 0.3 is 11.9 Å². The van der Waals surface area contributed by atoms with Crippen LogP contribution < -0.4 is 5.32 Å². The number of esters is 2. The Morgan fingerprint density at radius 2 is 2.11 bits per heavy atom. The Bertz CT molecular complexity index is 365. The monoisotopic (exact) mass is 257 g/mol. The van der Waals surface area contributed by atoms with Gasteiger partial charge in [0.1, 0.15) is 0 Å². The Labute approximate surface area is 106 Å². The zero-order valence-electron chi connectivity index (χ0n) is 11.1. The highest BCUT2D eigenvalue weighted by Gasteiger charge is 2.57. The van der Waals surface area contributed by atoms with Gasteiger partial charge in [-0.05, 0) is 27.7 Å². The second-order valence-electron chi connectivity index (χ2n) is 4.67. The quantitative estimate of drug-likeness (QED) is 0.577. The van der Waals surface area contributed by atoms with Gasteiger partial charge in [-0.3, -0.25) is 14.4 Å². The lowest BCUT2D eigenvalue weighted by Gasteiger charge is -2.25. The number of amides is 1. The van der Waals surface area contributed by atoms with E-state index in [0.717, 1.165) is 0 Å². The van der Waals surface area contributed by atoms with Gasteiger partial charge in [0.25, 0.3) is 0 Å². The molecule has 102 valence electrons. The van der Waals surface area contributed by atoms with Crippen LogP contribution in [0.4, 0.5) is 0 Å². The smallest absolute Gasteiger partial charge is 0.322 e. The molecule has 6 heteroatoms. The predicted octanol–water partition coefficient (Wildman–Crippen LogP) is 0.253. The summed E-state index contributed by atoms with van der Waals surface area (Å²) in [4.78, 5) is 35.6. The largest absolute Gasteiger partial charge is 0.465 e. The first-order valence-corrected chi connectivity index (χ1v) is 6.00. The fourth-order valence-corrected chi connectivity index (χ4v) is 1.89. The van der Waals surface area contributed by atoms with Crippen molar-refractivity contribution in [3.8, 4) is 0 Å². The lowest BCUT2D eigenvalue weighted by Crippen LogP contribution is -2.44. The van der Waals surface area contributed by atoms with E-state index in [2.05, 4.69) is 5.32 Å². The third kappa shape index (κ3) is 2.47. The van der Waals surface area contributed by atoms with Crippen molar-refractivity contribution < 1.29 is 23.9 Å². The minimum absolute atomic E-state index is 0.0969. The zero-order valence-corrected chi connectivity index (χ0v) is 11.1. The third-order valence-electron chi connectivity index (χ3n) is 2.97. The van der Waals surface area contributed by atoms with Crippen molar-refractivity contribution in [1.82, 2.24) is 5.32 Å². The van der Waals surface area contributed by atoms with Gasteiger partial charge in [-0.15, -0.1) is 0 Å². The van der Waals surface area contributed by atoms with Crippen molar-refractivity contribution in [3.63, 3.8) is 0 Å². The molecule has 0 aliphatic carbocycles. The van der Waals surface area contributed by atoms with Gasteiger partial charge in [0.2, 0.25) is 5.91 Å². The zero-order chi connectivity index (χ0) is 13.9. The summed E-state index contributed by atoms with van der Waals surface area (Å²) < 4.78 is 9.94. The number of ether oxygens (including phenoxy) is 2. The summed E-state index contributed by atoms with van der Waals surface area (Å²) in [5.41, 5.74) is -1.50. The molecule has 1 rings (SSSR count). The summed E-state index contributed by atoms with van der Waals surface area (Å²) in [7, 11) is 0. The minimum Gasteiger partial charge on any atom is -0.465 e. The van der Waals surface area contributed by atoms with Crippen molar-refractivity contribution in [3.05, 3.63) is 0 Å². The Kier molecular flexibility index (Phi) is 4.32. The predicted molar refractivity (Wildman–Crippen MR) is 62.5 cm³/mol. The van der Waals surface area contributed by atoms with E-state index in [1.165, 1.54) is 6.92 Å². The molecule has 0 bridgehead atoms. The first kappa shape index (κ1) is 14.5. The molecule has 2 atom stereocenters. The maximum atomic E-state index is 11.9. The van der Waals surface area contributed by atoms with E-state index in [0.29, 0.717) is 0 Å². The second kappa shape index (κ2) is 5.37. The highest BCUT2D eigenvalue weighted by atomic mass is 16.5. The molecule has 0 aromatic carbocycles. The van der Waals surface area contributed by atoms with Gasteiger partial charge in [0.05, 0.1) is 18.6 Å². The topological polar surface area (TPSA) is 81.7 Å². The number of carbonyl (C=O) groups excluding carboxylic acids is 3. The molecule has 1 amide bonds. The standard InChI is InChI=1S/C12H19NO5/c1-5-17-11(16)12(4)8(6-13-10(12)15)9(14)18-7(2)3/h7-8H,5-6H2,1-4H3,(H,13,15). The third-order valence-corrected chi connectivity index (χ3v) is 2.97. The highest BCUT2D eigenvalue weighted by molar-refractivity contribution is 6.08. The normalized spacial score (nSPS) is 26.9. The van der Waals surface area contributed by atoms with Gasteiger partial charge in [-0.25, -0.2) is 0 Å². The molecule has 6 nitrogen and oxygen atoms in total. The number of nitrogens with one attached hydrogen (secondary N) is 1. The molecule has 1 aliphatic rings. The maximum absolute atomic E-state index is 11.9. The van der Waals surface area contributed by atoms with E-state index in [-0.39, 0.29) is 19.3 Å². The van der Waals surface area contributed by atoms with Crippen LogP contribution in [0.2, 0.25) is 0 Å². The van der Waals surface area contributed by atoms with E-state index in [1.807, 2.05) is 0 Å². The molecule has 0 spiro atoms. The summed E-state index contributed by atoms with van der Waals surface area (Å²) in [6.45, 7) is 6.75. The molecule has 2 unspecified atom stereocenters. The molecule has 0 radical (unpaired) electrons. The summed E-state index contributed by atoms with van der Waals surface area (Å²) in [5, 5.41) is 2.51. The van der Waals surface area contributed by atoms with Crippen LogP contribution in [0.25, 0.3) is 0 Å². The molecule has 0 aromatic rings. The summed E-state index contributed by atoms with van der Waals surface area (Å²) in [5.74, 6) is -2.58. The average molecular weight is 257 g/mol. The molecule has 0 saturated carbocycles. The molecule has 1 heterocycles. The van der Waals surface area contributed by atoms with Crippen LogP contribution in [-0.4, -0.2) is 37.1 Å². The number of hydrogen-bond donors (Lipinski definition) is 1. The van der Waals surface area contributed by atoms with E-state index in [9.17, 15) is 14.4 Å². The molecular weight excluding hydrogens is 238 g/mol. The van der Waals surface area contributed by atoms with Gasteiger partial charge in [-0.1, -0.05) is 0 Å². The van der Waals surface area contributed by atoms with Gasteiger partial charge in [0.15, 0.2) is 5.41 Å². The van der Waals surface area contributed by atoms with Gasteiger partial charge in [-0.2, -0.15) is 0 Å². The minimum atomic E-state index is -1.50. The molecule has 1 N–H and O–H groups in total. The first-order chi connectivity index (χ1) is 8.33. The van der Waals surface area contributed by atoms with Crippen LogP contribution in [0.5, 0.6) is 0 Å². The molecule has 18 heavy (non-hydrogen) atoms. The van der Waals surface area contributed by atoms with Gasteiger partial charge in [0, 0.05) is 6.54 Å². The molecule has 1 saturated heterocycles. The van der Waals surface area contributed by atoms with Crippen molar-refractivity contribution in [2.75, 3.05) is 13.2 Å². The average Bonchev–Trinajstić information content (AvgIpc) is 2.56. The molecule has 1 aliphatic heterocycles. The second-order valence-corrected chi connectivity index (χ2v) is 4.67. The first-order valence-electron chi connectivity index (χ1n) is 6.00. The van der Waals surface area contributed by atoms with E-state index in [1.54, 1.807) is 20.8 Å². The lowest BCUT2D eigenvalue weighted by atomic mass is 9.79. The maximum Gasteiger partial charge on any atom is 0.322 e. The Balaban J connectivity index is 2.94. The van der Waals surface area contributed by atoms with Crippen LogP contribution in [0.1, 0.15) is 27.7 Å². The fraction of sp³-hybridized carbons (Fsp3) is 0.750. The summed E-state index contributed by atoms with van der Waals surface area (Å²) in [6.07, 6.45) is -0.292. The van der Waals surface area contributed by atoms with E-state index in [4.69, 9.17) is 9.47 Å². The Morgan fingerprint density at radius 3 is 2.61 bits per heavy atom. The number of rotatable bonds is 4. The Hall–Kier alpha value is -1.59. The summed E-state index contributed by atoms with van der Waals surface area (Å²) >= 11 is 0. The lowest BCUT2D eigenvalue weighted by molar-refractivity contribution is -0.170. The van der Waals surface area contributed by atoms with Crippen LogP contribution in [0, 0.1) is 11.3 Å². The number of carbonyl (C=O) groups is 3. The van der Waals surface area contributed by atoms with Crippen LogP contribution in [0.3, 0.4) is 0 Å².